The molecule has 3 heterocycles. The molecule has 2 amide bonds. The van der Waals surface area contributed by atoms with Crippen LogP contribution in [0.25, 0.3) is 10.9 Å². The van der Waals surface area contributed by atoms with Crippen LogP contribution in [0.4, 0.5) is 4.39 Å². The van der Waals surface area contributed by atoms with Gasteiger partial charge in [0.05, 0.1) is 5.41 Å². The number of hydrogen-bond acceptors (Lipinski definition) is 2. The molecule has 0 aliphatic carbocycles. The first-order chi connectivity index (χ1) is 15.0. The molecule has 0 unspecified atom stereocenters. The number of halogens is 1. The van der Waals surface area contributed by atoms with Crippen molar-refractivity contribution >= 4 is 22.7 Å². The molecule has 3 aromatic rings. The Kier molecular flexibility index (Phi) is 4.80. The highest BCUT2D eigenvalue weighted by atomic mass is 19.1. The summed E-state index contributed by atoms with van der Waals surface area (Å²) in [5.74, 6) is -0.147. The summed E-state index contributed by atoms with van der Waals surface area (Å²) in [6, 6.07) is 14.5. The zero-order valence-electron chi connectivity index (χ0n) is 17.7. The third-order valence-electron chi connectivity index (χ3n) is 7.06. The predicted octanol–water partition coefficient (Wildman–Crippen LogP) is 3.97. The first kappa shape index (κ1) is 19.8. The van der Waals surface area contributed by atoms with Gasteiger partial charge in [-0.1, -0.05) is 24.3 Å². The molecule has 0 bridgehead atoms. The number of rotatable bonds is 3. The molecular formula is C25H26FN3O2. The Balaban J connectivity index is 1.26. The van der Waals surface area contributed by atoms with Crippen LogP contribution in [0.1, 0.15) is 35.2 Å². The minimum atomic E-state index is -0.413. The number of likely N-dealkylation sites (tertiary alicyclic amines) is 2. The SMILES string of the molecule is Cn1ccc2ccc(C(=O)N3CCC4(CC3)CCN(Cc3ccccc3F)C4=O)cc21. The van der Waals surface area contributed by atoms with Crippen molar-refractivity contribution in [2.24, 2.45) is 12.5 Å². The maximum atomic E-state index is 14.0. The van der Waals surface area contributed by atoms with Gasteiger partial charge in [0.2, 0.25) is 5.91 Å². The molecule has 5 nitrogen and oxygen atoms in total. The lowest BCUT2D eigenvalue weighted by Gasteiger charge is -2.38. The number of fused-ring (bicyclic) bond motifs is 1. The number of carbonyl (C=O) groups excluding carboxylic acids is 2. The third kappa shape index (κ3) is 3.40. The van der Waals surface area contributed by atoms with Crippen molar-refractivity contribution in [1.29, 1.82) is 0 Å². The maximum Gasteiger partial charge on any atom is 0.253 e. The molecule has 0 saturated carbocycles. The Morgan fingerprint density at radius 3 is 2.55 bits per heavy atom. The van der Waals surface area contributed by atoms with E-state index in [0.717, 1.165) is 17.3 Å². The maximum absolute atomic E-state index is 14.0. The first-order valence-corrected chi connectivity index (χ1v) is 10.8. The molecule has 2 aliphatic heterocycles. The van der Waals surface area contributed by atoms with Gasteiger partial charge in [-0.15, -0.1) is 0 Å². The summed E-state index contributed by atoms with van der Waals surface area (Å²) in [5, 5.41) is 1.11. The highest BCUT2D eigenvalue weighted by Gasteiger charge is 2.48. The van der Waals surface area contributed by atoms with E-state index in [1.807, 2.05) is 47.0 Å². The number of hydrogen-bond donors (Lipinski definition) is 0. The number of nitrogens with zero attached hydrogens (tertiary/aromatic N) is 3. The average Bonchev–Trinajstić information content (AvgIpc) is 3.30. The summed E-state index contributed by atoms with van der Waals surface area (Å²) in [5.41, 5.74) is 1.86. The van der Waals surface area contributed by atoms with Crippen LogP contribution < -0.4 is 0 Å². The van der Waals surface area contributed by atoms with Crippen molar-refractivity contribution in [3.63, 3.8) is 0 Å². The van der Waals surface area contributed by atoms with E-state index in [1.165, 1.54) is 6.07 Å². The fourth-order valence-corrected chi connectivity index (χ4v) is 5.06. The molecule has 2 saturated heterocycles. The fourth-order valence-electron chi connectivity index (χ4n) is 5.06. The van der Waals surface area contributed by atoms with Crippen LogP contribution in [0.5, 0.6) is 0 Å². The lowest BCUT2D eigenvalue weighted by molar-refractivity contribution is -0.138. The van der Waals surface area contributed by atoms with Crippen LogP contribution in [-0.2, 0) is 18.4 Å². The third-order valence-corrected chi connectivity index (χ3v) is 7.06. The molecule has 0 radical (unpaired) electrons. The molecule has 5 rings (SSSR count). The minimum Gasteiger partial charge on any atom is -0.351 e. The monoisotopic (exact) mass is 419 g/mol. The van der Waals surface area contributed by atoms with Gasteiger partial charge < -0.3 is 14.4 Å². The first-order valence-electron chi connectivity index (χ1n) is 10.8. The van der Waals surface area contributed by atoms with Gasteiger partial charge in [0.15, 0.2) is 0 Å². The number of benzene rings is 2. The van der Waals surface area contributed by atoms with E-state index in [-0.39, 0.29) is 17.6 Å². The summed E-state index contributed by atoms with van der Waals surface area (Å²) in [4.78, 5) is 29.9. The van der Waals surface area contributed by atoms with Gasteiger partial charge in [-0.3, -0.25) is 9.59 Å². The van der Waals surface area contributed by atoms with Crippen LogP contribution in [0.2, 0.25) is 0 Å². The van der Waals surface area contributed by atoms with Crippen LogP contribution >= 0.6 is 0 Å². The van der Waals surface area contributed by atoms with Crippen molar-refractivity contribution < 1.29 is 14.0 Å². The van der Waals surface area contributed by atoms with Crippen LogP contribution in [0.15, 0.2) is 54.7 Å². The van der Waals surface area contributed by atoms with E-state index in [4.69, 9.17) is 0 Å². The van der Waals surface area contributed by atoms with E-state index >= 15 is 0 Å². The lowest BCUT2D eigenvalue weighted by Crippen LogP contribution is -2.46. The van der Waals surface area contributed by atoms with E-state index in [2.05, 4.69) is 0 Å². The summed E-state index contributed by atoms with van der Waals surface area (Å²) in [6.07, 6.45) is 4.09. The Hall–Kier alpha value is -3.15. The number of carbonyl (C=O) groups is 2. The van der Waals surface area contributed by atoms with E-state index in [9.17, 15) is 14.0 Å². The van der Waals surface area contributed by atoms with Gasteiger partial charge in [0.25, 0.3) is 5.91 Å². The fraction of sp³-hybridized carbons (Fsp3) is 0.360. The van der Waals surface area contributed by atoms with Gasteiger partial charge in [0.1, 0.15) is 5.82 Å². The molecule has 1 spiro atoms. The molecule has 6 heteroatoms. The zero-order chi connectivity index (χ0) is 21.6. The van der Waals surface area contributed by atoms with Crippen molar-refractivity contribution in [3.8, 4) is 0 Å². The Labute approximate surface area is 181 Å². The lowest BCUT2D eigenvalue weighted by atomic mass is 9.77. The summed E-state index contributed by atoms with van der Waals surface area (Å²) >= 11 is 0. The normalized spacial score (nSPS) is 18.3. The second-order valence-corrected chi connectivity index (χ2v) is 8.84. The largest absolute Gasteiger partial charge is 0.351 e. The van der Waals surface area contributed by atoms with E-state index in [0.29, 0.717) is 50.1 Å². The molecule has 2 fully saturated rings. The standard InChI is InChI=1S/C25H26FN3O2/c1-27-12-8-18-6-7-19(16-22(18)27)23(30)28-13-9-25(10-14-28)11-15-29(24(25)31)17-20-4-2-3-5-21(20)26/h2-8,12,16H,9-11,13-15,17H2,1H3. The second kappa shape index (κ2) is 7.52. The van der Waals surface area contributed by atoms with Crippen molar-refractivity contribution in [2.75, 3.05) is 19.6 Å². The number of aromatic nitrogens is 1. The molecule has 160 valence electrons. The van der Waals surface area contributed by atoms with Gasteiger partial charge in [0, 0.05) is 56.1 Å². The highest BCUT2D eigenvalue weighted by Crippen LogP contribution is 2.42. The van der Waals surface area contributed by atoms with Crippen LogP contribution in [0, 0.1) is 11.2 Å². The summed E-state index contributed by atoms with van der Waals surface area (Å²) in [6.45, 7) is 2.10. The average molecular weight is 420 g/mol. The smallest absolute Gasteiger partial charge is 0.253 e. The predicted molar refractivity (Wildman–Crippen MR) is 117 cm³/mol. The molecule has 31 heavy (non-hydrogen) atoms. The topological polar surface area (TPSA) is 45.6 Å². The zero-order valence-corrected chi connectivity index (χ0v) is 17.7. The Morgan fingerprint density at radius 1 is 1.03 bits per heavy atom. The number of amides is 2. The summed E-state index contributed by atoms with van der Waals surface area (Å²) < 4.78 is 16.0. The van der Waals surface area contributed by atoms with E-state index < -0.39 is 5.41 Å². The molecule has 0 atom stereocenters. The number of aryl methyl sites for hydroxylation is 1. The minimum absolute atomic E-state index is 0.0200. The van der Waals surface area contributed by atoms with E-state index in [1.54, 1.807) is 23.1 Å². The van der Waals surface area contributed by atoms with Crippen molar-refractivity contribution in [1.82, 2.24) is 14.4 Å². The molecule has 0 N–H and O–H groups in total. The molecular weight excluding hydrogens is 393 g/mol. The van der Waals surface area contributed by atoms with Gasteiger partial charge in [-0.05, 0) is 48.9 Å². The highest BCUT2D eigenvalue weighted by molar-refractivity contribution is 5.98. The molecule has 1 aromatic heterocycles. The van der Waals surface area contributed by atoms with Crippen molar-refractivity contribution in [3.05, 3.63) is 71.7 Å². The van der Waals surface area contributed by atoms with Gasteiger partial charge in [-0.2, -0.15) is 0 Å². The van der Waals surface area contributed by atoms with Crippen LogP contribution in [0.3, 0.4) is 0 Å². The number of piperidine rings is 1. The Bertz CT molecular complexity index is 1160. The second-order valence-electron chi connectivity index (χ2n) is 8.84. The van der Waals surface area contributed by atoms with Crippen LogP contribution in [-0.4, -0.2) is 45.8 Å². The molecule has 2 aromatic carbocycles. The quantitative estimate of drug-likeness (QED) is 0.645. The summed E-state index contributed by atoms with van der Waals surface area (Å²) in [7, 11) is 1.97. The van der Waals surface area contributed by atoms with Crippen molar-refractivity contribution in [2.45, 2.75) is 25.8 Å². The molecule has 2 aliphatic rings. The Morgan fingerprint density at radius 2 is 1.77 bits per heavy atom. The van der Waals surface area contributed by atoms with Gasteiger partial charge >= 0.3 is 0 Å². The van der Waals surface area contributed by atoms with Gasteiger partial charge in [-0.25, -0.2) is 4.39 Å².